The Morgan fingerprint density at radius 2 is 2.16 bits per heavy atom. The molecule has 37 heavy (non-hydrogen) atoms. The van der Waals surface area contributed by atoms with E-state index in [1.807, 2.05) is 19.1 Å². The van der Waals surface area contributed by atoms with Gasteiger partial charge in [-0.1, -0.05) is 6.07 Å². The van der Waals surface area contributed by atoms with Crippen molar-refractivity contribution >= 4 is 17.6 Å². The number of carboxylic acid groups (broad SMARTS) is 1. The molecule has 190 valence electrons. The summed E-state index contributed by atoms with van der Waals surface area (Å²) < 4.78 is 17.3. The number of nitriles is 1. The summed E-state index contributed by atoms with van der Waals surface area (Å²) in [6, 6.07) is 11.0. The second kappa shape index (κ2) is 9.62. The Morgan fingerprint density at radius 1 is 1.32 bits per heavy atom. The number of hydrogen-bond acceptors (Lipinski definition) is 7. The number of anilines is 1. The van der Waals surface area contributed by atoms with Crippen LogP contribution < -0.4 is 14.8 Å². The number of rotatable bonds is 8. The minimum Gasteiger partial charge on any atom is -0.496 e. The van der Waals surface area contributed by atoms with Crippen molar-refractivity contribution in [2.45, 2.75) is 44.4 Å². The first-order valence-corrected chi connectivity index (χ1v) is 12.2. The van der Waals surface area contributed by atoms with Crippen molar-refractivity contribution in [1.29, 1.82) is 5.26 Å². The number of carboxylic acids is 1. The highest BCUT2D eigenvalue weighted by molar-refractivity contribution is 5.97. The number of fused-ring (bicyclic) bond motifs is 2. The topological polar surface area (TPSA) is 135 Å². The molecule has 2 aliphatic rings. The monoisotopic (exact) mass is 501 g/mol. The molecule has 0 bridgehead atoms. The SMILES string of the molecule is COc1cc2c(cc1-c1ncc(C)o1)[C@]1(CCO2)C[C@H]1C(=O)Nc1cc(C#N)ccc1CCCC(=O)O. The molecule has 1 fully saturated rings. The summed E-state index contributed by atoms with van der Waals surface area (Å²) in [6.07, 6.45) is 3.96. The molecule has 1 spiro atoms. The van der Waals surface area contributed by atoms with Crippen molar-refractivity contribution < 1.29 is 28.6 Å². The standard InChI is InChI=1S/C28H27N3O6/c1-16-15-30-27(37-16)19-11-20-24(12-23(19)35-2)36-9-8-28(20)13-21(28)26(34)31-22-10-17(14-29)6-7-18(22)4-3-5-25(32)33/h6-7,10-12,15,21H,3-5,8-9,13H2,1-2H3,(H,31,34)(H,32,33)/t21-,28-/m0/s1. The number of benzene rings is 2. The van der Waals surface area contributed by atoms with Gasteiger partial charge in [-0.3, -0.25) is 9.59 Å². The van der Waals surface area contributed by atoms with Gasteiger partial charge in [0.2, 0.25) is 11.8 Å². The molecule has 0 saturated heterocycles. The van der Waals surface area contributed by atoms with Gasteiger partial charge in [0.05, 0.1) is 37.1 Å². The summed E-state index contributed by atoms with van der Waals surface area (Å²) in [5.74, 6) is 1.12. The molecule has 1 aliphatic heterocycles. The van der Waals surface area contributed by atoms with E-state index in [4.69, 9.17) is 19.0 Å². The Kier molecular flexibility index (Phi) is 6.34. The van der Waals surface area contributed by atoms with E-state index in [0.29, 0.717) is 72.3 Å². The third-order valence-electron chi connectivity index (χ3n) is 7.22. The summed E-state index contributed by atoms with van der Waals surface area (Å²) in [7, 11) is 1.58. The van der Waals surface area contributed by atoms with E-state index in [-0.39, 0.29) is 23.7 Å². The molecule has 3 aromatic rings. The summed E-state index contributed by atoms with van der Waals surface area (Å²) in [5.41, 5.74) is 3.04. The number of aliphatic carboxylic acids is 1. The van der Waals surface area contributed by atoms with E-state index >= 15 is 0 Å². The predicted octanol–water partition coefficient (Wildman–Crippen LogP) is 4.62. The molecular weight excluding hydrogens is 474 g/mol. The van der Waals surface area contributed by atoms with Crippen LogP contribution in [0.25, 0.3) is 11.5 Å². The molecule has 5 rings (SSSR count). The van der Waals surface area contributed by atoms with Gasteiger partial charge in [-0.25, -0.2) is 4.98 Å². The number of nitrogens with zero attached hydrogens (tertiary/aromatic N) is 2. The van der Waals surface area contributed by atoms with Crippen LogP contribution in [0.1, 0.15) is 48.1 Å². The number of hydrogen-bond donors (Lipinski definition) is 2. The van der Waals surface area contributed by atoms with E-state index in [0.717, 1.165) is 11.1 Å². The molecule has 0 unspecified atom stereocenters. The molecule has 1 aliphatic carbocycles. The maximum absolute atomic E-state index is 13.5. The Labute approximate surface area is 214 Å². The van der Waals surface area contributed by atoms with Crippen LogP contribution >= 0.6 is 0 Å². The number of aromatic nitrogens is 1. The second-order valence-electron chi connectivity index (χ2n) is 9.56. The van der Waals surface area contributed by atoms with Crippen molar-refractivity contribution in [2.24, 2.45) is 5.92 Å². The fraction of sp³-hybridized carbons (Fsp3) is 0.357. The number of nitrogens with one attached hydrogen (secondary N) is 1. The van der Waals surface area contributed by atoms with E-state index in [2.05, 4.69) is 16.4 Å². The third kappa shape index (κ3) is 4.62. The van der Waals surface area contributed by atoms with Crippen LogP contribution in [-0.4, -0.2) is 35.7 Å². The normalized spacial score (nSPS) is 19.4. The van der Waals surface area contributed by atoms with Crippen molar-refractivity contribution in [3.63, 3.8) is 0 Å². The van der Waals surface area contributed by atoms with E-state index < -0.39 is 5.97 Å². The summed E-state index contributed by atoms with van der Waals surface area (Å²) >= 11 is 0. The van der Waals surface area contributed by atoms with Crippen LogP contribution in [0.15, 0.2) is 40.9 Å². The fourth-order valence-corrected chi connectivity index (χ4v) is 5.22. The number of amides is 1. The fourth-order valence-electron chi connectivity index (χ4n) is 5.22. The molecule has 2 N–H and O–H groups in total. The average molecular weight is 502 g/mol. The van der Waals surface area contributed by atoms with Gasteiger partial charge in [-0.05, 0) is 56.4 Å². The number of ether oxygens (including phenoxy) is 2. The molecular formula is C28H27N3O6. The zero-order valence-electron chi connectivity index (χ0n) is 20.7. The predicted molar refractivity (Wildman–Crippen MR) is 133 cm³/mol. The number of aryl methyl sites for hydroxylation is 2. The van der Waals surface area contributed by atoms with Crippen molar-refractivity contribution in [3.05, 3.63) is 59.0 Å². The molecule has 2 aromatic carbocycles. The lowest BCUT2D eigenvalue weighted by Crippen LogP contribution is -2.27. The highest BCUT2D eigenvalue weighted by atomic mass is 16.5. The quantitative estimate of drug-likeness (QED) is 0.457. The zero-order valence-corrected chi connectivity index (χ0v) is 20.7. The van der Waals surface area contributed by atoms with Gasteiger partial charge in [0.15, 0.2) is 0 Å². The molecule has 1 aromatic heterocycles. The van der Waals surface area contributed by atoms with Gasteiger partial charge in [0, 0.05) is 35.1 Å². The maximum Gasteiger partial charge on any atom is 0.303 e. The van der Waals surface area contributed by atoms with Gasteiger partial charge in [0.25, 0.3) is 0 Å². The highest BCUT2D eigenvalue weighted by Crippen LogP contribution is 2.62. The van der Waals surface area contributed by atoms with E-state index in [9.17, 15) is 14.9 Å². The van der Waals surface area contributed by atoms with Crippen LogP contribution in [0.3, 0.4) is 0 Å². The Balaban J connectivity index is 1.42. The lowest BCUT2D eigenvalue weighted by atomic mass is 9.86. The first-order chi connectivity index (χ1) is 17.8. The number of carbonyl (C=O) groups is 2. The Bertz CT molecular complexity index is 1420. The summed E-state index contributed by atoms with van der Waals surface area (Å²) in [6.45, 7) is 2.31. The molecule has 9 heteroatoms. The van der Waals surface area contributed by atoms with Crippen molar-refractivity contribution in [3.8, 4) is 29.0 Å². The molecule has 1 saturated carbocycles. The molecule has 1 amide bonds. The second-order valence-corrected chi connectivity index (χ2v) is 9.56. The first-order valence-electron chi connectivity index (χ1n) is 12.2. The number of oxazole rings is 1. The molecule has 2 atom stereocenters. The lowest BCUT2D eigenvalue weighted by molar-refractivity contribution is -0.137. The van der Waals surface area contributed by atoms with Crippen LogP contribution in [0.5, 0.6) is 11.5 Å². The minimum absolute atomic E-state index is 0.0335. The Hall–Kier alpha value is -4.32. The van der Waals surface area contributed by atoms with E-state index in [1.165, 1.54) is 0 Å². The van der Waals surface area contributed by atoms with Gasteiger partial charge in [0.1, 0.15) is 17.3 Å². The van der Waals surface area contributed by atoms with Gasteiger partial charge >= 0.3 is 5.97 Å². The van der Waals surface area contributed by atoms with Crippen molar-refractivity contribution in [1.82, 2.24) is 4.98 Å². The molecule has 9 nitrogen and oxygen atoms in total. The first kappa shape index (κ1) is 24.4. The lowest BCUT2D eigenvalue weighted by Gasteiger charge is -2.28. The minimum atomic E-state index is -0.867. The third-order valence-corrected chi connectivity index (χ3v) is 7.22. The van der Waals surface area contributed by atoms with Crippen LogP contribution in [-0.2, 0) is 21.4 Å². The van der Waals surface area contributed by atoms with E-state index in [1.54, 1.807) is 31.5 Å². The summed E-state index contributed by atoms with van der Waals surface area (Å²) in [4.78, 5) is 28.8. The number of carbonyl (C=O) groups excluding carboxylic acids is 1. The largest absolute Gasteiger partial charge is 0.496 e. The summed E-state index contributed by atoms with van der Waals surface area (Å²) in [5, 5.41) is 21.4. The molecule has 0 radical (unpaired) electrons. The Morgan fingerprint density at radius 3 is 2.86 bits per heavy atom. The van der Waals surface area contributed by atoms with Crippen LogP contribution in [0, 0.1) is 24.2 Å². The van der Waals surface area contributed by atoms with Gasteiger partial charge < -0.3 is 24.3 Å². The van der Waals surface area contributed by atoms with Gasteiger partial charge in [-0.15, -0.1) is 0 Å². The van der Waals surface area contributed by atoms with Crippen molar-refractivity contribution in [2.75, 3.05) is 19.0 Å². The molecule has 2 heterocycles. The maximum atomic E-state index is 13.5. The zero-order chi connectivity index (χ0) is 26.2. The van der Waals surface area contributed by atoms with Crippen LogP contribution in [0.2, 0.25) is 0 Å². The van der Waals surface area contributed by atoms with Gasteiger partial charge in [-0.2, -0.15) is 5.26 Å². The highest BCUT2D eigenvalue weighted by Gasteiger charge is 2.61. The smallest absolute Gasteiger partial charge is 0.303 e. The number of methoxy groups -OCH3 is 1. The van der Waals surface area contributed by atoms with Crippen LogP contribution in [0.4, 0.5) is 5.69 Å². The average Bonchev–Trinajstić information content (AvgIpc) is 3.44.